The second-order valence-corrected chi connectivity index (χ2v) is 8.29. The van der Waals surface area contributed by atoms with Gasteiger partial charge in [-0.25, -0.2) is 0 Å². The van der Waals surface area contributed by atoms with Crippen molar-refractivity contribution in [2.75, 3.05) is 28.8 Å². The van der Waals surface area contributed by atoms with Gasteiger partial charge in [0.05, 0.1) is 23.0 Å². The molecule has 4 nitrogen and oxygen atoms in total. The van der Waals surface area contributed by atoms with Crippen molar-refractivity contribution in [2.45, 2.75) is 31.1 Å². The lowest BCUT2D eigenvalue weighted by Gasteiger charge is -2.36. The minimum absolute atomic E-state index is 0.348. The van der Waals surface area contributed by atoms with Crippen LogP contribution in [0.1, 0.15) is 24.3 Å². The standard InChI is InChI=1S/C23H22N4/c1-24-14-8-3-5-10-16(14)26-18-12-7-13-19-20(18)21(22(24)26)23-25(2)15-9-4-6-11-17(15)27(19)23/h3,5-8,10-13,21-23H,4,9H2,1-2H3. The minimum atomic E-state index is 0.348. The quantitative estimate of drug-likeness (QED) is 0.697. The highest BCUT2D eigenvalue weighted by Crippen LogP contribution is 2.63. The van der Waals surface area contributed by atoms with Crippen LogP contribution in [-0.2, 0) is 0 Å². The molecule has 0 spiro atoms. The van der Waals surface area contributed by atoms with Gasteiger partial charge >= 0.3 is 0 Å². The SMILES string of the molecule is CN1C2=C(C=CCC2)N2c3cccc4c3C(C12)C1N(C)c2ccccc2N41. The van der Waals surface area contributed by atoms with E-state index in [1.807, 2.05) is 0 Å². The zero-order valence-corrected chi connectivity index (χ0v) is 15.6. The number of nitrogens with zero attached hydrogens (tertiary/aromatic N) is 4. The van der Waals surface area contributed by atoms with Gasteiger partial charge < -0.3 is 19.6 Å². The van der Waals surface area contributed by atoms with E-state index in [1.165, 1.54) is 39.7 Å². The maximum atomic E-state index is 2.61. The lowest BCUT2D eigenvalue weighted by atomic mass is 9.97. The van der Waals surface area contributed by atoms with Crippen molar-refractivity contribution in [3.63, 3.8) is 0 Å². The summed E-state index contributed by atoms with van der Waals surface area (Å²) in [6.45, 7) is 0. The number of para-hydroxylation sites is 2. The molecule has 4 heteroatoms. The predicted molar refractivity (Wildman–Crippen MR) is 109 cm³/mol. The molecule has 4 aliphatic heterocycles. The predicted octanol–water partition coefficient (Wildman–Crippen LogP) is 4.35. The molecule has 0 N–H and O–H groups in total. The fourth-order valence-electron chi connectivity index (χ4n) is 6.22. The summed E-state index contributed by atoms with van der Waals surface area (Å²) in [7, 11) is 4.56. The van der Waals surface area contributed by atoms with Crippen molar-refractivity contribution >= 4 is 22.7 Å². The molecule has 1 aliphatic carbocycles. The maximum Gasteiger partial charge on any atom is 0.117 e. The van der Waals surface area contributed by atoms with Crippen molar-refractivity contribution in [1.82, 2.24) is 4.90 Å². The zero-order chi connectivity index (χ0) is 17.9. The zero-order valence-electron chi connectivity index (χ0n) is 15.6. The van der Waals surface area contributed by atoms with E-state index in [0.717, 1.165) is 12.8 Å². The molecule has 0 saturated carbocycles. The Morgan fingerprint density at radius 3 is 2.33 bits per heavy atom. The number of hydrogen-bond acceptors (Lipinski definition) is 4. The molecule has 5 aliphatic rings. The largest absolute Gasteiger partial charge is 0.355 e. The van der Waals surface area contributed by atoms with Crippen molar-refractivity contribution in [2.24, 2.45) is 0 Å². The molecule has 0 radical (unpaired) electrons. The Balaban J connectivity index is 1.48. The smallest absolute Gasteiger partial charge is 0.117 e. The first-order valence-corrected chi connectivity index (χ1v) is 9.93. The molecule has 3 unspecified atom stereocenters. The molecular formula is C23H22N4. The molecule has 0 fully saturated rings. The Morgan fingerprint density at radius 1 is 0.778 bits per heavy atom. The Morgan fingerprint density at radius 2 is 1.48 bits per heavy atom. The molecule has 0 amide bonds. The Hall–Kier alpha value is -2.88. The normalized spacial score (nSPS) is 28.6. The lowest BCUT2D eigenvalue weighted by Crippen LogP contribution is -2.48. The number of likely N-dealkylation sites (N-methyl/N-ethyl adjacent to an activating group) is 2. The number of fused-ring (bicyclic) bond motifs is 9. The highest BCUT2D eigenvalue weighted by atomic mass is 15.5. The van der Waals surface area contributed by atoms with E-state index >= 15 is 0 Å². The van der Waals surface area contributed by atoms with Crippen LogP contribution in [0.4, 0.5) is 22.7 Å². The minimum Gasteiger partial charge on any atom is -0.355 e. The topological polar surface area (TPSA) is 13.0 Å². The summed E-state index contributed by atoms with van der Waals surface area (Å²) in [5.41, 5.74) is 9.95. The molecule has 3 atom stereocenters. The van der Waals surface area contributed by atoms with Crippen LogP contribution < -0.4 is 14.7 Å². The lowest BCUT2D eigenvalue weighted by molar-refractivity contribution is 0.280. The van der Waals surface area contributed by atoms with Crippen LogP contribution in [0.15, 0.2) is 66.0 Å². The van der Waals surface area contributed by atoms with Crippen LogP contribution in [0.5, 0.6) is 0 Å². The Kier molecular flexibility index (Phi) is 2.37. The first kappa shape index (κ1) is 14.2. The first-order chi connectivity index (χ1) is 13.3. The number of anilines is 4. The van der Waals surface area contributed by atoms with Gasteiger partial charge in [0.2, 0.25) is 0 Å². The van der Waals surface area contributed by atoms with Crippen LogP contribution in [-0.4, -0.2) is 31.3 Å². The molecular weight excluding hydrogens is 332 g/mol. The van der Waals surface area contributed by atoms with Gasteiger partial charge in [0.25, 0.3) is 0 Å². The summed E-state index contributed by atoms with van der Waals surface area (Å²) in [5.74, 6) is 0.456. The van der Waals surface area contributed by atoms with E-state index < -0.39 is 0 Å². The number of allylic oxidation sites excluding steroid dienone is 3. The summed E-state index contributed by atoms with van der Waals surface area (Å²) in [6, 6.07) is 15.7. The van der Waals surface area contributed by atoms with Gasteiger partial charge in [-0.2, -0.15) is 0 Å². The molecule has 0 bridgehead atoms. The molecule has 2 aromatic carbocycles. The average Bonchev–Trinajstić information content (AvgIpc) is 3.39. The van der Waals surface area contributed by atoms with Crippen LogP contribution >= 0.6 is 0 Å². The van der Waals surface area contributed by atoms with Crippen molar-refractivity contribution < 1.29 is 0 Å². The van der Waals surface area contributed by atoms with Crippen molar-refractivity contribution in [3.8, 4) is 0 Å². The van der Waals surface area contributed by atoms with Gasteiger partial charge in [0.15, 0.2) is 0 Å². The summed E-state index contributed by atoms with van der Waals surface area (Å²) >= 11 is 0. The van der Waals surface area contributed by atoms with Crippen LogP contribution in [0.2, 0.25) is 0 Å². The Bertz CT molecular complexity index is 1070. The van der Waals surface area contributed by atoms with Gasteiger partial charge in [0.1, 0.15) is 12.3 Å². The van der Waals surface area contributed by atoms with E-state index in [2.05, 4.69) is 88.3 Å². The van der Waals surface area contributed by atoms with E-state index in [4.69, 9.17) is 0 Å². The van der Waals surface area contributed by atoms with E-state index in [1.54, 1.807) is 0 Å². The van der Waals surface area contributed by atoms with E-state index in [-0.39, 0.29) is 0 Å². The molecule has 2 aromatic rings. The van der Waals surface area contributed by atoms with Gasteiger partial charge in [-0.05, 0) is 43.2 Å². The number of hydrogen-bond donors (Lipinski definition) is 0. The van der Waals surface area contributed by atoms with Gasteiger partial charge in [-0.3, -0.25) is 0 Å². The molecule has 4 heterocycles. The molecule has 0 saturated heterocycles. The highest BCUT2D eigenvalue weighted by molar-refractivity contribution is 5.92. The molecule has 134 valence electrons. The molecule has 7 rings (SSSR count). The second-order valence-electron chi connectivity index (χ2n) is 8.29. The first-order valence-electron chi connectivity index (χ1n) is 9.93. The Labute approximate surface area is 159 Å². The second kappa shape index (κ2) is 4.50. The monoisotopic (exact) mass is 354 g/mol. The highest BCUT2D eigenvalue weighted by Gasteiger charge is 2.59. The van der Waals surface area contributed by atoms with Gasteiger partial charge in [0, 0.05) is 36.7 Å². The third-order valence-corrected chi connectivity index (χ3v) is 7.20. The number of benzene rings is 2. The van der Waals surface area contributed by atoms with Crippen LogP contribution in [0.25, 0.3) is 0 Å². The van der Waals surface area contributed by atoms with E-state index in [0.29, 0.717) is 18.2 Å². The van der Waals surface area contributed by atoms with Crippen molar-refractivity contribution in [1.29, 1.82) is 0 Å². The van der Waals surface area contributed by atoms with Crippen molar-refractivity contribution in [3.05, 3.63) is 71.6 Å². The molecule has 0 aromatic heterocycles. The fourth-order valence-corrected chi connectivity index (χ4v) is 6.22. The summed E-state index contributed by atoms with van der Waals surface area (Å²) < 4.78 is 0. The van der Waals surface area contributed by atoms with E-state index in [9.17, 15) is 0 Å². The van der Waals surface area contributed by atoms with Gasteiger partial charge in [-0.1, -0.05) is 24.3 Å². The van der Waals surface area contributed by atoms with Crippen LogP contribution in [0.3, 0.4) is 0 Å². The average molecular weight is 354 g/mol. The fraction of sp³-hybridized carbons (Fsp3) is 0.304. The molecule has 27 heavy (non-hydrogen) atoms. The third kappa shape index (κ3) is 1.42. The number of rotatable bonds is 0. The maximum absolute atomic E-state index is 2.61. The van der Waals surface area contributed by atoms with Gasteiger partial charge in [-0.15, -0.1) is 0 Å². The summed E-state index contributed by atoms with van der Waals surface area (Å²) in [5, 5.41) is 0. The van der Waals surface area contributed by atoms with Crippen LogP contribution in [0, 0.1) is 0 Å². The summed E-state index contributed by atoms with van der Waals surface area (Å²) in [6.07, 6.45) is 7.72. The summed E-state index contributed by atoms with van der Waals surface area (Å²) in [4.78, 5) is 10.3. The third-order valence-electron chi connectivity index (χ3n) is 7.20.